The second kappa shape index (κ2) is 7.85. The molecule has 3 N–H and O–H groups in total. The van der Waals surface area contributed by atoms with E-state index in [9.17, 15) is 14.4 Å². The summed E-state index contributed by atoms with van der Waals surface area (Å²) in [7, 11) is 1.53. The first-order chi connectivity index (χ1) is 9.92. The minimum Gasteiger partial charge on any atom is -0.481 e. The van der Waals surface area contributed by atoms with Crippen molar-refractivity contribution in [3.05, 3.63) is 0 Å². The number of nitrogens with zero attached hydrogens (tertiary/aromatic N) is 1. The van der Waals surface area contributed by atoms with E-state index in [0.717, 1.165) is 25.7 Å². The number of hydrogen-bond acceptors (Lipinski definition) is 3. The number of rotatable bonds is 8. The van der Waals surface area contributed by atoms with Crippen LogP contribution in [0.5, 0.6) is 0 Å². The van der Waals surface area contributed by atoms with Gasteiger partial charge in [0.05, 0.1) is 6.42 Å². The van der Waals surface area contributed by atoms with Crippen molar-refractivity contribution < 1.29 is 19.5 Å². The van der Waals surface area contributed by atoms with Crippen LogP contribution >= 0.6 is 0 Å². The summed E-state index contributed by atoms with van der Waals surface area (Å²) in [5.74, 6) is -1.05. The molecule has 120 valence electrons. The molecule has 0 aliphatic heterocycles. The van der Waals surface area contributed by atoms with Crippen molar-refractivity contribution in [2.45, 2.75) is 39.0 Å². The van der Waals surface area contributed by atoms with Crippen LogP contribution in [-0.4, -0.2) is 54.6 Å². The van der Waals surface area contributed by atoms with Crippen LogP contribution in [0.2, 0.25) is 0 Å². The molecular weight excluding hydrogens is 274 g/mol. The van der Waals surface area contributed by atoms with Crippen molar-refractivity contribution in [2.75, 3.05) is 26.7 Å². The highest BCUT2D eigenvalue weighted by Gasteiger charge is 2.39. The SMILES string of the molecule is CCCN(CC(=O)NC)C(=O)NCC1(CC(=O)O)CCC1. The van der Waals surface area contributed by atoms with E-state index >= 15 is 0 Å². The van der Waals surface area contributed by atoms with Gasteiger partial charge in [0, 0.05) is 20.1 Å². The van der Waals surface area contributed by atoms with Crippen LogP contribution in [0.4, 0.5) is 4.79 Å². The second-order valence-corrected chi connectivity index (χ2v) is 5.68. The zero-order valence-corrected chi connectivity index (χ0v) is 12.8. The van der Waals surface area contributed by atoms with Crippen LogP contribution in [0.25, 0.3) is 0 Å². The molecule has 1 fully saturated rings. The van der Waals surface area contributed by atoms with E-state index in [1.807, 2.05) is 6.92 Å². The molecule has 0 spiro atoms. The van der Waals surface area contributed by atoms with E-state index in [-0.39, 0.29) is 30.3 Å². The molecule has 7 heteroatoms. The molecule has 0 aromatic carbocycles. The Labute approximate surface area is 125 Å². The Morgan fingerprint density at radius 1 is 1.29 bits per heavy atom. The lowest BCUT2D eigenvalue weighted by Crippen LogP contribution is -2.50. The van der Waals surface area contributed by atoms with E-state index < -0.39 is 5.97 Å². The van der Waals surface area contributed by atoms with Crippen molar-refractivity contribution in [3.8, 4) is 0 Å². The van der Waals surface area contributed by atoms with Crippen molar-refractivity contribution in [1.82, 2.24) is 15.5 Å². The number of nitrogens with one attached hydrogen (secondary N) is 2. The van der Waals surface area contributed by atoms with Crippen LogP contribution in [0, 0.1) is 5.41 Å². The molecule has 0 aromatic rings. The molecule has 0 atom stereocenters. The normalized spacial score (nSPS) is 15.7. The average molecular weight is 299 g/mol. The molecule has 7 nitrogen and oxygen atoms in total. The maximum absolute atomic E-state index is 12.1. The van der Waals surface area contributed by atoms with Crippen LogP contribution < -0.4 is 10.6 Å². The van der Waals surface area contributed by atoms with Gasteiger partial charge in [-0.05, 0) is 24.7 Å². The van der Waals surface area contributed by atoms with Gasteiger partial charge in [0.15, 0.2) is 0 Å². The minimum atomic E-state index is -0.834. The van der Waals surface area contributed by atoms with E-state index in [1.165, 1.54) is 11.9 Å². The zero-order valence-electron chi connectivity index (χ0n) is 12.8. The standard InChI is InChI=1S/C14H25N3O4/c1-3-7-17(9-11(18)15-2)13(21)16-10-14(5-4-6-14)8-12(19)20/h3-10H2,1-2H3,(H,15,18)(H,16,21)(H,19,20). The highest BCUT2D eigenvalue weighted by Crippen LogP contribution is 2.43. The highest BCUT2D eigenvalue weighted by molar-refractivity contribution is 5.83. The van der Waals surface area contributed by atoms with Gasteiger partial charge < -0.3 is 20.6 Å². The van der Waals surface area contributed by atoms with Gasteiger partial charge in [-0.2, -0.15) is 0 Å². The predicted molar refractivity (Wildman–Crippen MR) is 77.9 cm³/mol. The van der Waals surface area contributed by atoms with Gasteiger partial charge in [-0.1, -0.05) is 13.3 Å². The summed E-state index contributed by atoms with van der Waals surface area (Å²) < 4.78 is 0. The van der Waals surface area contributed by atoms with Crippen molar-refractivity contribution in [1.29, 1.82) is 0 Å². The van der Waals surface area contributed by atoms with Gasteiger partial charge in [-0.3, -0.25) is 9.59 Å². The molecule has 0 saturated heterocycles. The number of amides is 3. The summed E-state index contributed by atoms with van der Waals surface area (Å²) in [5.41, 5.74) is -0.313. The van der Waals surface area contributed by atoms with Gasteiger partial charge in [0.25, 0.3) is 0 Å². The molecule has 1 saturated carbocycles. The molecule has 1 aliphatic carbocycles. The van der Waals surface area contributed by atoms with E-state index in [0.29, 0.717) is 13.1 Å². The van der Waals surface area contributed by atoms with Crippen LogP contribution in [0.3, 0.4) is 0 Å². The largest absolute Gasteiger partial charge is 0.481 e. The highest BCUT2D eigenvalue weighted by atomic mass is 16.4. The summed E-state index contributed by atoms with van der Waals surface area (Å²) in [5, 5.41) is 14.2. The van der Waals surface area contributed by atoms with Crippen LogP contribution in [0.15, 0.2) is 0 Å². The van der Waals surface area contributed by atoms with Crippen molar-refractivity contribution in [2.24, 2.45) is 5.41 Å². The summed E-state index contributed by atoms with van der Waals surface area (Å²) in [6.45, 7) is 2.79. The van der Waals surface area contributed by atoms with Gasteiger partial charge in [0.1, 0.15) is 6.54 Å². The minimum absolute atomic E-state index is 0.0160. The van der Waals surface area contributed by atoms with E-state index in [1.54, 1.807) is 0 Å². The van der Waals surface area contributed by atoms with Gasteiger partial charge in [-0.25, -0.2) is 4.79 Å². The summed E-state index contributed by atoms with van der Waals surface area (Å²) in [6, 6.07) is -0.308. The first kappa shape index (κ1) is 17.3. The predicted octanol–water partition coefficient (Wildman–Crippen LogP) is 0.799. The fraction of sp³-hybridized carbons (Fsp3) is 0.786. The number of aliphatic carboxylic acids is 1. The monoisotopic (exact) mass is 299 g/mol. The number of carbonyl (C=O) groups is 3. The number of carboxylic acid groups (broad SMARTS) is 1. The zero-order chi connectivity index (χ0) is 15.9. The molecular formula is C14H25N3O4. The Balaban J connectivity index is 2.52. The number of carboxylic acids is 1. The Morgan fingerprint density at radius 3 is 2.38 bits per heavy atom. The Hall–Kier alpha value is -1.79. The molecule has 1 aliphatic rings. The molecule has 0 aromatic heterocycles. The molecule has 0 unspecified atom stereocenters. The molecule has 0 radical (unpaired) electrons. The third-order valence-electron chi connectivity index (χ3n) is 3.95. The molecule has 3 amide bonds. The van der Waals surface area contributed by atoms with Gasteiger partial charge in [-0.15, -0.1) is 0 Å². The summed E-state index contributed by atoms with van der Waals surface area (Å²) in [6.07, 6.45) is 3.48. The lowest BCUT2D eigenvalue weighted by Gasteiger charge is -2.41. The Bertz CT molecular complexity index is 394. The van der Waals surface area contributed by atoms with Gasteiger partial charge in [0.2, 0.25) is 5.91 Å². The lowest BCUT2D eigenvalue weighted by molar-refractivity contribution is -0.141. The summed E-state index contributed by atoms with van der Waals surface area (Å²) >= 11 is 0. The quantitative estimate of drug-likeness (QED) is 0.617. The Morgan fingerprint density at radius 2 is 1.95 bits per heavy atom. The summed E-state index contributed by atoms with van der Waals surface area (Å²) in [4.78, 5) is 35.9. The number of hydrogen-bond donors (Lipinski definition) is 3. The lowest BCUT2D eigenvalue weighted by atomic mass is 9.66. The average Bonchev–Trinajstić information content (AvgIpc) is 2.40. The van der Waals surface area contributed by atoms with Crippen LogP contribution in [0.1, 0.15) is 39.0 Å². The van der Waals surface area contributed by atoms with Crippen molar-refractivity contribution >= 4 is 17.9 Å². The fourth-order valence-electron chi connectivity index (χ4n) is 2.56. The molecule has 21 heavy (non-hydrogen) atoms. The topological polar surface area (TPSA) is 98.7 Å². The first-order valence-electron chi connectivity index (χ1n) is 7.37. The van der Waals surface area contributed by atoms with Gasteiger partial charge >= 0.3 is 12.0 Å². The number of likely N-dealkylation sites (N-methyl/N-ethyl adjacent to an activating group) is 1. The fourth-order valence-corrected chi connectivity index (χ4v) is 2.56. The third kappa shape index (κ3) is 5.24. The second-order valence-electron chi connectivity index (χ2n) is 5.68. The number of carbonyl (C=O) groups excluding carboxylic acids is 2. The first-order valence-corrected chi connectivity index (χ1v) is 7.37. The smallest absolute Gasteiger partial charge is 0.317 e. The molecule has 0 heterocycles. The van der Waals surface area contributed by atoms with E-state index in [2.05, 4.69) is 10.6 Å². The maximum atomic E-state index is 12.1. The number of urea groups is 1. The molecule has 1 rings (SSSR count). The molecule has 0 bridgehead atoms. The van der Waals surface area contributed by atoms with E-state index in [4.69, 9.17) is 5.11 Å². The van der Waals surface area contributed by atoms with Crippen LogP contribution in [-0.2, 0) is 9.59 Å². The Kier molecular flexibility index (Phi) is 6.45. The maximum Gasteiger partial charge on any atom is 0.317 e. The third-order valence-corrected chi connectivity index (χ3v) is 3.95. The van der Waals surface area contributed by atoms with Crippen molar-refractivity contribution in [3.63, 3.8) is 0 Å².